The molecule has 0 saturated carbocycles. The molecule has 0 bridgehead atoms. The Balaban J connectivity index is 1.40. The normalized spacial score (nSPS) is 25.4. The highest BCUT2D eigenvalue weighted by atomic mass is 16.5. The largest absolute Gasteiger partial charge is 0.493 e. The van der Waals surface area contributed by atoms with E-state index in [0.29, 0.717) is 18.7 Å². The van der Waals surface area contributed by atoms with Crippen LogP contribution in [-0.2, 0) is 0 Å². The second-order valence-electron chi connectivity index (χ2n) is 7.27. The van der Waals surface area contributed by atoms with Gasteiger partial charge < -0.3 is 9.84 Å². The minimum atomic E-state index is 0.316. The van der Waals surface area contributed by atoms with E-state index in [-0.39, 0.29) is 0 Å². The van der Waals surface area contributed by atoms with Gasteiger partial charge in [-0.05, 0) is 63.7 Å². The molecule has 3 rings (SSSR count). The first-order chi connectivity index (χ1) is 11.8. The van der Waals surface area contributed by atoms with Crippen molar-refractivity contribution in [1.29, 1.82) is 0 Å². The van der Waals surface area contributed by atoms with Crippen LogP contribution in [0.5, 0.6) is 5.75 Å². The van der Waals surface area contributed by atoms with Gasteiger partial charge in [0.2, 0.25) is 0 Å². The van der Waals surface area contributed by atoms with Crippen LogP contribution in [0, 0.1) is 6.92 Å². The van der Waals surface area contributed by atoms with Crippen molar-refractivity contribution in [2.75, 3.05) is 39.4 Å². The molecule has 4 nitrogen and oxygen atoms in total. The van der Waals surface area contributed by atoms with Crippen molar-refractivity contribution in [3.05, 3.63) is 29.8 Å². The predicted octanol–water partition coefficient (Wildman–Crippen LogP) is 2.69. The molecule has 1 aromatic carbocycles. The van der Waals surface area contributed by atoms with Gasteiger partial charge in [0.1, 0.15) is 5.75 Å². The van der Waals surface area contributed by atoms with E-state index in [1.807, 2.05) is 6.07 Å². The van der Waals surface area contributed by atoms with Gasteiger partial charge in [-0.25, -0.2) is 0 Å². The van der Waals surface area contributed by atoms with Crippen LogP contribution in [-0.4, -0.2) is 66.4 Å². The van der Waals surface area contributed by atoms with Crippen molar-refractivity contribution in [3.63, 3.8) is 0 Å². The Morgan fingerprint density at radius 2 is 1.83 bits per heavy atom. The standard InChI is InChI=1S/C20H32N2O2/c1-17-7-2-3-10-20(17)24-14-6-13-21-11-4-8-18(21)15-22-12-5-9-19(22)16-23/h2-3,7,10,18-19,23H,4-6,8-9,11-16H2,1H3. The Bertz CT molecular complexity index is 508. The zero-order chi connectivity index (χ0) is 16.8. The van der Waals surface area contributed by atoms with E-state index in [2.05, 4.69) is 34.9 Å². The first-order valence-electron chi connectivity index (χ1n) is 9.55. The Morgan fingerprint density at radius 3 is 2.62 bits per heavy atom. The second-order valence-corrected chi connectivity index (χ2v) is 7.27. The third-order valence-electron chi connectivity index (χ3n) is 5.59. The molecule has 2 aliphatic rings. The monoisotopic (exact) mass is 332 g/mol. The molecule has 2 aliphatic heterocycles. The van der Waals surface area contributed by atoms with Gasteiger partial charge in [0.05, 0.1) is 13.2 Å². The number of para-hydroxylation sites is 1. The predicted molar refractivity (Wildman–Crippen MR) is 97.6 cm³/mol. The van der Waals surface area contributed by atoms with Crippen LogP contribution in [0.4, 0.5) is 0 Å². The lowest BCUT2D eigenvalue weighted by molar-refractivity contribution is 0.120. The maximum atomic E-state index is 9.51. The number of benzene rings is 1. The van der Waals surface area contributed by atoms with E-state index in [4.69, 9.17) is 4.74 Å². The summed E-state index contributed by atoms with van der Waals surface area (Å²) >= 11 is 0. The van der Waals surface area contributed by atoms with Gasteiger partial charge in [-0.2, -0.15) is 0 Å². The lowest BCUT2D eigenvalue weighted by Crippen LogP contribution is -2.43. The average Bonchev–Trinajstić information content (AvgIpc) is 3.23. The number of rotatable bonds is 8. The first kappa shape index (κ1) is 17.7. The van der Waals surface area contributed by atoms with E-state index < -0.39 is 0 Å². The SMILES string of the molecule is Cc1ccccc1OCCCN1CCCC1CN1CCCC1CO. The van der Waals surface area contributed by atoms with Crippen LogP contribution >= 0.6 is 0 Å². The van der Waals surface area contributed by atoms with Gasteiger partial charge in [0.25, 0.3) is 0 Å². The summed E-state index contributed by atoms with van der Waals surface area (Å²) in [6.07, 6.45) is 6.08. The fraction of sp³-hybridized carbons (Fsp3) is 0.700. The van der Waals surface area contributed by atoms with Crippen molar-refractivity contribution in [2.45, 2.75) is 51.1 Å². The number of nitrogens with zero attached hydrogens (tertiary/aromatic N) is 2. The van der Waals surface area contributed by atoms with E-state index in [1.165, 1.54) is 31.4 Å². The number of aliphatic hydroxyl groups is 1. The maximum absolute atomic E-state index is 9.51. The van der Waals surface area contributed by atoms with Crippen molar-refractivity contribution < 1.29 is 9.84 Å². The quantitative estimate of drug-likeness (QED) is 0.743. The van der Waals surface area contributed by atoms with Crippen molar-refractivity contribution in [3.8, 4) is 5.75 Å². The fourth-order valence-electron chi connectivity index (χ4n) is 4.18. The maximum Gasteiger partial charge on any atom is 0.122 e. The van der Waals surface area contributed by atoms with Gasteiger partial charge in [0.15, 0.2) is 0 Å². The summed E-state index contributed by atoms with van der Waals surface area (Å²) in [5.41, 5.74) is 1.21. The zero-order valence-corrected chi connectivity index (χ0v) is 15.0. The molecule has 0 spiro atoms. The lowest BCUT2D eigenvalue weighted by atomic mass is 10.2. The van der Waals surface area contributed by atoms with Crippen molar-refractivity contribution in [2.24, 2.45) is 0 Å². The van der Waals surface area contributed by atoms with Gasteiger partial charge in [-0.3, -0.25) is 9.80 Å². The minimum absolute atomic E-state index is 0.316. The van der Waals surface area contributed by atoms with E-state index in [1.54, 1.807) is 0 Å². The molecule has 0 aliphatic carbocycles. The number of likely N-dealkylation sites (tertiary alicyclic amines) is 2. The third kappa shape index (κ3) is 4.50. The molecular formula is C20H32N2O2. The molecule has 1 aromatic rings. The fourth-order valence-corrected chi connectivity index (χ4v) is 4.18. The Labute approximate surface area is 146 Å². The summed E-state index contributed by atoms with van der Waals surface area (Å²) in [5, 5.41) is 9.51. The minimum Gasteiger partial charge on any atom is -0.493 e. The van der Waals surface area contributed by atoms with Crippen molar-refractivity contribution in [1.82, 2.24) is 9.80 Å². The molecule has 2 atom stereocenters. The highest BCUT2D eigenvalue weighted by Crippen LogP contribution is 2.23. The highest BCUT2D eigenvalue weighted by Gasteiger charge is 2.30. The second kappa shape index (κ2) is 8.84. The molecule has 0 aromatic heterocycles. The van der Waals surface area contributed by atoms with Gasteiger partial charge >= 0.3 is 0 Å². The highest BCUT2D eigenvalue weighted by molar-refractivity contribution is 5.31. The smallest absolute Gasteiger partial charge is 0.122 e. The summed E-state index contributed by atoms with van der Waals surface area (Å²) in [6.45, 7) is 7.82. The molecular weight excluding hydrogens is 300 g/mol. The Hall–Kier alpha value is -1.10. The molecule has 2 saturated heterocycles. The first-order valence-corrected chi connectivity index (χ1v) is 9.55. The Morgan fingerprint density at radius 1 is 1.08 bits per heavy atom. The number of hydrogen-bond donors (Lipinski definition) is 1. The lowest BCUT2D eigenvalue weighted by Gasteiger charge is -2.31. The summed E-state index contributed by atoms with van der Waals surface area (Å²) < 4.78 is 5.93. The summed E-state index contributed by atoms with van der Waals surface area (Å²) in [7, 11) is 0. The van der Waals surface area contributed by atoms with E-state index in [0.717, 1.165) is 44.8 Å². The average molecular weight is 332 g/mol. The van der Waals surface area contributed by atoms with Crippen LogP contribution in [0.2, 0.25) is 0 Å². The van der Waals surface area contributed by atoms with E-state index >= 15 is 0 Å². The summed E-state index contributed by atoms with van der Waals surface area (Å²) in [4.78, 5) is 5.14. The molecule has 0 amide bonds. The third-order valence-corrected chi connectivity index (χ3v) is 5.59. The summed E-state index contributed by atoms with van der Waals surface area (Å²) in [5.74, 6) is 1.01. The number of hydrogen-bond acceptors (Lipinski definition) is 4. The van der Waals surface area contributed by atoms with Crippen LogP contribution in [0.15, 0.2) is 24.3 Å². The molecule has 4 heteroatoms. The molecule has 0 radical (unpaired) electrons. The molecule has 2 fully saturated rings. The van der Waals surface area contributed by atoms with Crippen LogP contribution < -0.4 is 4.74 Å². The molecule has 2 heterocycles. The molecule has 1 N–H and O–H groups in total. The number of aryl methyl sites for hydroxylation is 1. The van der Waals surface area contributed by atoms with Crippen molar-refractivity contribution >= 4 is 0 Å². The number of aliphatic hydroxyl groups excluding tert-OH is 1. The van der Waals surface area contributed by atoms with E-state index in [9.17, 15) is 5.11 Å². The van der Waals surface area contributed by atoms with Gasteiger partial charge in [0, 0.05) is 25.2 Å². The molecule has 134 valence electrons. The van der Waals surface area contributed by atoms with Crippen LogP contribution in [0.3, 0.4) is 0 Å². The molecule has 24 heavy (non-hydrogen) atoms. The topological polar surface area (TPSA) is 35.9 Å². The van der Waals surface area contributed by atoms with Gasteiger partial charge in [-0.15, -0.1) is 0 Å². The zero-order valence-electron chi connectivity index (χ0n) is 15.0. The van der Waals surface area contributed by atoms with Crippen LogP contribution in [0.25, 0.3) is 0 Å². The Kier molecular flexibility index (Phi) is 6.52. The molecule has 2 unspecified atom stereocenters. The van der Waals surface area contributed by atoms with Gasteiger partial charge in [-0.1, -0.05) is 18.2 Å². The number of ether oxygens (including phenoxy) is 1. The summed E-state index contributed by atoms with van der Waals surface area (Å²) in [6, 6.07) is 9.30. The van der Waals surface area contributed by atoms with Crippen LogP contribution in [0.1, 0.15) is 37.7 Å².